The van der Waals surface area contributed by atoms with Crippen LogP contribution in [-0.4, -0.2) is 19.5 Å². The molecular formula is C14H24BO4-. The van der Waals surface area contributed by atoms with Gasteiger partial charge in [0.05, 0.1) is 0 Å². The molecular weight excluding hydrogens is 243 g/mol. The van der Waals surface area contributed by atoms with Gasteiger partial charge in [-0.2, -0.15) is 0 Å². The Labute approximate surface area is 115 Å². The van der Waals surface area contributed by atoms with Crippen molar-refractivity contribution in [2.75, 3.05) is 0 Å². The van der Waals surface area contributed by atoms with Crippen molar-refractivity contribution < 1.29 is 18.9 Å². The molecule has 0 aromatic heterocycles. The minimum Gasteiger partial charge on any atom is -0.658 e. The molecule has 0 radical (unpaired) electrons. The fraction of sp³-hybridized carbons (Fsp3) is 0.857. The van der Waals surface area contributed by atoms with Gasteiger partial charge in [0, 0.05) is 0 Å². The molecule has 19 heavy (non-hydrogen) atoms. The predicted molar refractivity (Wildman–Crippen MR) is 73.7 cm³/mol. The molecule has 5 heteroatoms. The van der Waals surface area contributed by atoms with E-state index >= 15 is 0 Å². The third kappa shape index (κ3) is 3.12. The standard InChI is InChI=1S/C14H24BO4/c16-11-18-15(19-12-17,13-7-3-1-4-8-13)14-9-5-2-6-10-14/h11-14H,1-10H2/q-1. The first kappa shape index (κ1) is 14.4. The summed E-state index contributed by atoms with van der Waals surface area (Å²) in [4.78, 5) is 22.0. The minimum atomic E-state index is -1.78. The second kappa shape index (κ2) is 6.97. The number of hydrogen-bond donors (Lipinski definition) is 0. The minimum absolute atomic E-state index is 0.229. The molecule has 2 aliphatic rings. The van der Waals surface area contributed by atoms with Gasteiger partial charge in [0.1, 0.15) is 0 Å². The lowest BCUT2D eigenvalue weighted by Gasteiger charge is -2.51. The van der Waals surface area contributed by atoms with Crippen molar-refractivity contribution >= 4 is 19.5 Å². The number of rotatable bonds is 6. The lowest BCUT2D eigenvalue weighted by molar-refractivity contribution is -0.127. The van der Waals surface area contributed by atoms with E-state index in [2.05, 4.69) is 0 Å². The van der Waals surface area contributed by atoms with E-state index in [1.54, 1.807) is 0 Å². The van der Waals surface area contributed by atoms with Crippen molar-refractivity contribution in [2.45, 2.75) is 75.8 Å². The molecule has 108 valence electrons. The zero-order valence-electron chi connectivity index (χ0n) is 11.6. The van der Waals surface area contributed by atoms with Crippen LogP contribution >= 0.6 is 0 Å². The summed E-state index contributed by atoms with van der Waals surface area (Å²) in [5.74, 6) is 0.458. The van der Waals surface area contributed by atoms with Crippen LogP contribution in [0.15, 0.2) is 0 Å². The molecule has 2 fully saturated rings. The second-order valence-corrected chi connectivity index (χ2v) is 6.09. The molecule has 0 bridgehead atoms. The van der Waals surface area contributed by atoms with E-state index in [-0.39, 0.29) is 11.6 Å². The smallest absolute Gasteiger partial charge is 0.356 e. The second-order valence-electron chi connectivity index (χ2n) is 6.09. The van der Waals surface area contributed by atoms with Crippen molar-refractivity contribution in [3.05, 3.63) is 0 Å². The molecule has 0 amide bonds. The summed E-state index contributed by atoms with van der Waals surface area (Å²) in [5.41, 5.74) is 0. The summed E-state index contributed by atoms with van der Waals surface area (Å²) >= 11 is 0. The van der Waals surface area contributed by atoms with E-state index in [1.807, 2.05) is 0 Å². The van der Waals surface area contributed by atoms with Crippen LogP contribution in [0.4, 0.5) is 0 Å². The molecule has 2 rings (SSSR count). The molecule has 0 saturated heterocycles. The van der Waals surface area contributed by atoms with Crippen LogP contribution in [0, 0.1) is 0 Å². The summed E-state index contributed by atoms with van der Waals surface area (Å²) in [5, 5.41) is 0. The molecule has 0 unspecified atom stereocenters. The van der Waals surface area contributed by atoms with Crippen LogP contribution in [-0.2, 0) is 18.9 Å². The summed E-state index contributed by atoms with van der Waals surface area (Å²) in [6, 6.07) is 0. The molecule has 2 saturated carbocycles. The van der Waals surface area contributed by atoms with Crippen molar-refractivity contribution in [1.29, 1.82) is 0 Å². The summed E-state index contributed by atoms with van der Waals surface area (Å²) in [7, 11) is 0. The Bertz CT molecular complexity index is 266. The third-order valence-corrected chi connectivity index (χ3v) is 5.15. The lowest BCUT2D eigenvalue weighted by Crippen LogP contribution is -2.52. The Morgan fingerprint density at radius 3 is 1.37 bits per heavy atom. The van der Waals surface area contributed by atoms with Crippen LogP contribution in [0.2, 0.25) is 11.6 Å². The first-order valence-corrected chi connectivity index (χ1v) is 7.71. The Morgan fingerprint density at radius 1 is 0.684 bits per heavy atom. The van der Waals surface area contributed by atoms with Gasteiger partial charge in [0.15, 0.2) is 0 Å². The van der Waals surface area contributed by atoms with E-state index in [4.69, 9.17) is 9.31 Å². The SMILES string of the molecule is O=CO[B-](OC=O)(C1CCCCC1)C1CCCCC1. The fourth-order valence-corrected chi connectivity index (χ4v) is 4.23. The molecule has 0 spiro atoms. The van der Waals surface area contributed by atoms with Gasteiger partial charge in [-0.25, -0.2) is 0 Å². The van der Waals surface area contributed by atoms with Gasteiger partial charge >= 0.3 is 6.55 Å². The van der Waals surface area contributed by atoms with Crippen LogP contribution in [0.1, 0.15) is 64.2 Å². The molecule has 0 heterocycles. The fourth-order valence-electron chi connectivity index (χ4n) is 4.23. The maximum Gasteiger partial charge on any atom is 0.356 e. The number of carbonyl (C=O) groups is 2. The van der Waals surface area contributed by atoms with E-state index in [1.165, 1.54) is 12.8 Å². The molecule has 0 aliphatic heterocycles. The molecule has 0 aromatic rings. The Hall–Kier alpha value is -0.995. The first-order valence-electron chi connectivity index (χ1n) is 7.71. The van der Waals surface area contributed by atoms with Gasteiger partial charge in [0.2, 0.25) is 12.9 Å². The highest BCUT2D eigenvalue weighted by Gasteiger charge is 2.46. The Morgan fingerprint density at radius 2 is 1.05 bits per heavy atom. The predicted octanol–water partition coefficient (Wildman–Crippen LogP) is 3.44. The van der Waals surface area contributed by atoms with E-state index in [0.29, 0.717) is 12.9 Å². The summed E-state index contributed by atoms with van der Waals surface area (Å²) in [6.07, 6.45) is 11.1. The largest absolute Gasteiger partial charge is 0.658 e. The van der Waals surface area contributed by atoms with Crippen LogP contribution in [0.25, 0.3) is 0 Å². The maximum atomic E-state index is 11.0. The quantitative estimate of drug-likeness (QED) is 0.546. The van der Waals surface area contributed by atoms with Gasteiger partial charge in [-0.3, -0.25) is 9.59 Å². The zero-order valence-corrected chi connectivity index (χ0v) is 11.6. The Balaban J connectivity index is 2.21. The van der Waals surface area contributed by atoms with Crippen LogP contribution in [0.5, 0.6) is 0 Å². The average molecular weight is 267 g/mol. The van der Waals surface area contributed by atoms with Gasteiger partial charge in [-0.1, -0.05) is 75.8 Å². The highest BCUT2D eigenvalue weighted by atomic mass is 16.6. The topological polar surface area (TPSA) is 52.6 Å². The lowest BCUT2D eigenvalue weighted by atomic mass is 9.34. The molecule has 0 aromatic carbocycles. The van der Waals surface area contributed by atoms with Crippen molar-refractivity contribution in [2.24, 2.45) is 0 Å². The van der Waals surface area contributed by atoms with Gasteiger partial charge in [0.25, 0.3) is 0 Å². The van der Waals surface area contributed by atoms with Crippen molar-refractivity contribution in [3.63, 3.8) is 0 Å². The molecule has 2 aliphatic carbocycles. The van der Waals surface area contributed by atoms with Gasteiger partial charge in [-0.15, -0.1) is 0 Å². The average Bonchev–Trinajstić information content (AvgIpc) is 2.49. The van der Waals surface area contributed by atoms with Crippen LogP contribution < -0.4 is 0 Å². The summed E-state index contributed by atoms with van der Waals surface area (Å²) < 4.78 is 11.0. The maximum absolute atomic E-state index is 11.0. The Kier molecular flexibility index (Phi) is 5.29. The molecule has 4 nitrogen and oxygen atoms in total. The molecule has 0 N–H and O–H groups in total. The highest BCUT2D eigenvalue weighted by Crippen LogP contribution is 2.48. The van der Waals surface area contributed by atoms with E-state index in [0.717, 1.165) is 51.4 Å². The van der Waals surface area contributed by atoms with Crippen molar-refractivity contribution in [1.82, 2.24) is 0 Å². The number of hydrogen-bond acceptors (Lipinski definition) is 4. The highest BCUT2D eigenvalue weighted by molar-refractivity contribution is 6.72. The van der Waals surface area contributed by atoms with E-state index < -0.39 is 6.55 Å². The zero-order chi connectivity index (χ0) is 13.6. The molecule has 0 atom stereocenters. The number of carbonyl (C=O) groups excluding carboxylic acids is 2. The van der Waals surface area contributed by atoms with Crippen molar-refractivity contribution in [3.8, 4) is 0 Å². The van der Waals surface area contributed by atoms with E-state index in [9.17, 15) is 9.59 Å². The normalized spacial score (nSPS) is 22.7. The van der Waals surface area contributed by atoms with Gasteiger partial charge in [-0.05, 0) is 0 Å². The third-order valence-electron chi connectivity index (χ3n) is 5.15. The van der Waals surface area contributed by atoms with Crippen LogP contribution in [0.3, 0.4) is 0 Å². The summed E-state index contributed by atoms with van der Waals surface area (Å²) in [6.45, 7) is -0.791. The first-order chi connectivity index (χ1) is 9.33. The van der Waals surface area contributed by atoms with Gasteiger partial charge < -0.3 is 9.31 Å². The monoisotopic (exact) mass is 267 g/mol.